The van der Waals surface area contributed by atoms with E-state index in [1.807, 2.05) is 6.33 Å². The van der Waals surface area contributed by atoms with Crippen molar-refractivity contribution in [3.05, 3.63) is 89.5 Å². The zero-order valence-corrected chi connectivity index (χ0v) is 13.3. The van der Waals surface area contributed by atoms with Crippen molar-refractivity contribution in [3.63, 3.8) is 0 Å². The molecule has 0 amide bonds. The van der Waals surface area contributed by atoms with Crippen LogP contribution in [0.1, 0.15) is 35.4 Å². The van der Waals surface area contributed by atoms with Crippen molar-refractivity contribution in [1.82, 2.24) is 15.3 Å². The maximum absolute atomic E-state index is 4.66. The highest BCUT2D eigenvalue weighted by Gasteiger charge is 2.42. The smallest absolute Gasteiger partial charge is 0.0926 e. The van der Waals surface area contributed by atoms with Crippen LogP contribution in [0, 0.1) is 0 Å². The van der Waals surface area contributed by atoms with Gasteiger partial charge >= 0.3 is 0 Å². The predicted octanol–water partition coefficient (Wildman–Crippen LogP) is 3.60. The summed E-state index contributed by atoms with van der Waals surface area (Å²) in [6.07, 6.45) is 2.82. The highest BCUT2D eigenvalue weighted by Crippen LogP contribution is 2.43. The van der Waals surface area contributed by atoms with Crippen molar-refractivity contribution in [2.24, 2.45) is 0 Å². The third kappa shape index (κ3) is 2.37. The van der Waals surface area contributed by atoms with Crippen molar-refractivity contribution in [2.75, 3.05) is 6.54 Å². The van der Waals surface area contributed by atoms with E-state index in [2.05, 4.69) is 82.9 Å². The fraction of sp³-hybridized carbons (Fsp3) is 0.250. The molecular weight excluding hydrogens is 282 g/mol. The summed E-state index contributed by atoms with van der Waals surface area (Å²) in [5.74, 6) is 0.215. The van der Waals surface area contributed by atoms with Crippen molar-refractivity contribution in [3.8, 4) is 0 Å². The summed E-state index contributed by atoms with van der Waals surface area (Å²) in [6, 6.07) is 21.5. The van der Waals surface area contributed by atoms with Crippen molar-refractivity contribution >= 4 is 0 Å². The number of nitrogens with zero attached hydrogens (tertiary/aromatic N) is 1. The van der Waals surface area contributed by atoms with Gasteiger partial charge in [-0.15, -0.1) is 0 Å². The Morgan fingerprint density at radius 1 is 0.957 bits per heavy atom. The van der Waals surface area contributed by atoms with Crippen LogP contribution < -0.4 is 5.32 Å². The van der Waals surface area contributed by atoms with Crippen LogP contribution in [0.2, 0.25) is 0 Å². The van der Waals surface area contributed by atoms with Gasteiger partial charge in [-0.1, -0.05) is 60.7 Å². The summed E-state index contributed by atoms with van der Waals surface area (Å²) in [7, 11) is 0. The summed E-state index contributed by atoms with van der Waals surface area (Å²) in [5, 5.41) is 3.75. The molecule has 2 heterocycles. The van der Waals surface area contributed by atoms with Crippen LogP contribution >= 0.6 is 0 Å². The fourth-order valence-corrected chi connectivity index (χ4v) is 3.88. The van der Waals surface area contributed by atoms with Crippen molar-refractivity contribution in [1.29, 1.82) is 0 Å². The lowest BCUT2D eigenvalue weighted by Crippen LogP contribution is -2.49. The third-order valence-electron chi connectivity index (χ3n) is 4.92. The molecule has 3 nitrogen and oxygen atoms in total. The number of imidazole rings is 1. The van der Waals surface area contributed by atoms with Gasteiger partial charge in [0.15, 0.2) is 0 Å². The minimum Gasteiger partial charge on any atom is -0.348 e. The van der Waals surface area contributed by atoms with Crippen molar-refractivity contribution in [2.45, 2.75) is 24.8 Å². The van der Waals surface area contributed by atoms with E-state index in [4.69, 9.17) is 0 Å². The molecule has 0 saturated carbocycles. The lowest BCUT2D eigenvalue weighted by Gasteiger charge is -2.41. The van der Waals surface area contributed by atoms with Gasteiger partial charge in [0, 0.05) is 24.6 Å². The van der Waals surface area contributed by atoms with Gasteiger partial charge < -0.3 is 10.3 Å². The first-order chi connectivity index (χ1) is 11.3. The van der Waals surface area contributed by atoms with Gasteiger partial charge in [0.1, 0.15) is 0 Å². The molecule has 116 valence electrons. The van der Waals surface area contributed by atoms with E-state index >= 15 is 0 Å². The zero-order valence-electron chi connectivity index (χ0n) is 13.3. The van der Waals surface area contributed by atoms with Crippen LogP contribution in [-0.2, 0) is 12.0 Å². The molecule has 0 bridgehead atoms. The highest BCUT2D eigenvalue weighted by molar-refractivity contribution is 5.41. The van der Waals surface area contributed by atoms with Crippen molar-refractivity contribution < 1.29 is 0 Å². The van der Waals surface area contributed by atoms with Crippen LogP contribution in [0.3, 0.4) is 0 Å². The molecule has 0 aliphatic carbocycles. The van der Waals surface area contributed by atoms with Gasteiger partial charge in [0.25, 0.3) is 0 Å². The Kier molecular flexibility index (Phi) is 3.50. The Bertz CT molecular complexity index is 739. The molecule has 1 aromatic heterocycles. The molecular formula is C20H21N3. The summed E-state index contributed by atoms with van der Waals surface area (Å²) in [4.78, 5) is 7.98. The predicted molar refractivity (Wildman–Crippen MR) is 92.4 cm³/mol. The Balaban J connectivity index is 1.90. The summed E-state index contributed by atoms with van der Waals surface area (Å²) in [5.41, 5.74) is 4.79. The number of aromatic nitrogens is 2. The van der Waals surface area contributed by atoms with Gasteiger partial charge in [-0.3, -0.25) is 0 Å². The molecule has 2 aromatic carbocycles. The van der Waals surface area contributed by atoms with Gasteiger partial charge in [0.05, 0.1) is 17.6 Å². The molecule has 3 heteroatoms. The quantitative estimate of drug-likeness (QED) is 0.776. The van der Waals surface area contributed by atoms with E-state index in [1.165, 1.54) is 16.8 Å². The topological polar surface area (TPSA) is 40.7 Å². The SMILES string of the molecule is CC1(C(c2ccccc2)c2ccccc2)NCCc2[nH]cnc21. The molecule has 2 N–H and O–H groups in total. The van der Waals surface area contributed by atoms with Gasteiger partial charge in [-0.05, 0) is 18.1 Å². The molecule has 1 aliphatic rings. The summed E-state index contributed by atoms with van der Waals surface area (Å²) >= 11 is 0. The minimum absolute atomic E-state index is 0.215. The monoisotopic (exact) mass is 303 g/mol. The number of aromatic amines is 1. The molecule has 0 radical (unpaired) electrons. The van der Waals surface area contributed by atoms with Crippen LogP contribution in [-0.4, -0.2) is 16.5 Å². The maximum atomic E-state index is 4.66. The van der Waals surface area contributed by atoms with E-state index < -0.39 is 0 Å². The Morgan fingerprint density at radius 3 is 2.17 bits per heavy atom. The first-order valence-corrected chi connectivity index (χ1v) is 8.16. The normalized spacial score (nSPS) is 20.4. The summed E-state index contributed by atoms with van der Waals surface area (Å²) in [6.45, 7) is 3.23. The molecule has 23 heavy (non-hydrogen) atoms. The lowest BCUT2D eigenvalue weighted by atomic mass is 9.72. The molecule has 0 spiro atoms. The number of hydrogen-bond acceptors (Lipinski definition) is 2. The van der Waals surface area contributed by atoms with E-state index in [0.29, 0.717) is 0 Å². The fourth-order valence-electron chi connectivity index (χ4n) is 3.88. The van der Waals surface area contributed by atoms with Gasteiger partial charge in [-0.25, -0.2) is 4.98 Å². The van der Waals surface area contributed by atoms with Crippen LogP contribution in [0.5, 0.6) is 0 Å². The highest BCUT2D eigenvalue weighted by atomic mass is 15.1. The Morgan fingerprint density at radius 2 is 1.57 bits per heavy atom. The molecule has 1 unspecified atom stereocenters. The number of hydrogen-bond donors (Lipinski definition) is 2. The number of rotatable bonds is 3. The first-order valence-electron chi connectivity index (χ1n) is 8.16. The molecule has 4 rings (SSSR count). The number of fused-ring (bicyclic) bond motifs is 1. The minimum atomic E-state index is -0.226. The van der Waals surface area contributed by atoms with Crippen LogP contribution in [0.15, 0.2) is 67.0 Å². The van der Waals surface area contributed by atoms with E-state index in [1.54, 1.807) is 0 Å². The van der Waals surface area contributed by atoms with E-state index in [0.717, 1.165) is 18.7 Å². The second-order valence-electron chi connectivity index (χ2n) is 6.36. The second-order valence-corrected chi connectivity index (χ2v) is 6.36. The molecule has 0 saturated heterocycles. The average molecular weight is 303 g/mol. The average Bonchev–Trinajstić information content (AvgIpc) is 3.07. The van der Waals surface area contributed by atoms with E-state index in [-0.39, 0.29) is 11.5 Å². The summed E-state index contributed by atoms with van der Waals surface area (Å²) < 4.78 is 0. The van der Waals surface area contributed by atoms with E-state index in [9.17, 15) is 0 Å². The molecule has 1 aliphatic heterocycles. The van der Waals surface area contributed by atoms with Crippen LogP contribution in [0.4, 0.5) is 0 Å². The lowest BCUT2D eigenvalue weighted by molar-refractivity contribution is 0.300. The maximum Gasteiger partial charge on any atom is 0.0926 e. The molecule has 0 fully saturated rings. The molecule has 3 aromatic rings. The Labute approximate surface area is 136 Å². The van der Waals surface area contributed by atoms with Gasteiger partial charge in [-0.2, -0.15) is 0 Å². The van der Waals surface area contributed by atoms with Gasteiger partial charge in [0.2, 0.25) is 0 Å². The third-order valence-corrected chi connectivity index (χ3v) is 4.92. The number of H-pyrrole nitrogens is 1. The largest absolute Gasteiger partial charge is 0.348 e. The Hall–Kier alpha value is -2.39. The van der Waals surface area contributed by atoms with Crippen LogP contribution in [0.25, 0.3) is 0 Å². The number of benzene rings is 2. The standard InChI is InChI=1S/C20H21N3/c1-20(19-17(12-13-23-20)21-14-22-19)18(15-8-4-2-5-9-15)16-10-6-3-7-11-16/h2-11,14,18,23H,12-13H2,1H3,(H,21,22). The zero-order chi connectivity index (χ0) is 15.7. The second kappa shape index (κ2) is 5.67. The molecule has 1 atom stereocenters. The first kappa shape index (κ1) is 14.2. The number of nitrogens with one attached hydrogen (secondary N) is 2.